The van der Waals surface area contributed by atoms with Crippen molar-refractivity contribution in [3.8, 4) is 17.9 Å². The summed E-state index contributed by atoms with van der Waals surface area (Å²) in [4.78, 5) is 12.8. The molecule has 1 aliphatic heterocycles. The van der Waals surface area contributed by atoms with Gasteiger partial charge in [-0.05, 0) is 61.1 Å². The van der Waals surface area contributed by atoms with Crippen molar-refractivity contribution in [1.82, 2.24) is 9.62 Å². The number of nitrogens with zero attached hydrogens (tertiary/aromatic N) is 3. The number of rotatable bonds is 7. The Morgan fingerprint density at radius 3 is 2.54 bits per heavy atom. The van der Waals surface area contributed by atoms with Crippen molar-refractivity contribution < 1.29 is 23.1 Å². The van der Waals surface area contributed by atoms with Crippen LogP contribution in [-0.2, 0) is 10.0 Å². The van der Waals surface area contributed by atoms with Crippen LogP contribution in [0.15, 0.2) is 47.4 Å². The molecular formula is C24H23ClN4O5S. The predicted molar refractivity (Wildman–Crippen MR) is 126 cm³/mol. The van der Waals surface area contributed by atoms with Gasteiger partial charge in [-0.15, -0.1) is 0 Å². The van der Waals surface area contributed by atoms with E-state index in [1.165, 1.54) is 23.1 Å². The Morgan fingerprint density at radius 2 is 1.94 bits per heavy atom. The molecule has 2 aliphatic rings. The Kier molecular flexibility index (Phi) is 6.91. The normalized spacial score (nSPS) is 20.9. The van der Waals surface area contributed by atoms with Crippen LogP contribution in [0.3, 0.4) is 0 Å². The average molecular weight is 515 g/mol. The number of piperidine rings is 1. The highest BCUT2D eigenvalue weighted by atomic mass is 35.5. The van der Waals surface area contributed by atoms with Crippen LogP contribution in [-0.4, -0.2) is 49.8 Å². The van der Waals surface area contributed by atoms with E-state index in [0.717, 1.165) is 5.56 Å². The van der Waals surface area contributed by atoms with Gasteiger partial charge in [0.05, 0.1) is 23.1 Å². The van der Waals surface area contributed by atoms with Crippen molar-refractivity contribution >= 4 is 27.7 Å². The van der Waals surface area contributed by atoms with E-state index in [-0.39, 0.29) is 41.2 Å². The van der Waals surface area contributed by atoms with Gasteiger partial charge in [-0.1, -0.05) is 23.7 Å². The maximum atomic E-state index is 12.7. The van der Waals surface area contributed by atoms with E-state index in [9.17, 15) is 28.8 Å². The zero-order valence-corrected chi connectivity index (χ0v) is 20.2. The van der Waals surface area contributed by atoms with Gasteiger partial charge >= 0.3 is 6.09 Å². The van der Waals surface area contributed by atoms with Crippen LogP contribution in [0, 0.1) is 28.6 Å². The topological polar surface area (TPSA) is 144 Å². The third kappa shape index (κ3) is 5.51. The maximum Gasteiger partial charge on any atom is 0.407 e. The molecule has 182 valence electrons. The van der Waals surface area contributed by atoms with Gasteiger partial charge in [-0.25, -0.2) is 13.2 Å². The number of ether oxygens (including phenoxy) is 1. The Morgan fingerprint density at radius 1 is 1.23 bits per heavy atom. The Labute approximate surface area is 208 Å². The van der Waals surface area contributed by atoms with Gasteiger partial charge in [-0.2, -0.15) is 15.2 Å². The highest BCUT2D eigenvalue weighted by molar-refractivity contribution is 7.89. The van der Waals surface area contributed by atoms with Gasteiger partial charge in [0.15, 0.2) is 0 Å². The lowest BCUT2D eigenvalue weighted by molar-refractivity contribution is 0.0937. The van der Waals surface area contributed by atoms with E-state index in [0.29, 0.717) is 30.8 Å². The lowest BCUT2D eigenvalue weighted by Crippen LogP contribution is -2.44. The van der Waals surface area contributed by atoms with Crippen molar-refractivity contribution in [3.63, 3.8) is 0 Å². The third-order valence-electron chi connectivity index (χ3n) is 6.43. The maximum absolute atomic E-state index is 12.7. The van der Waals surface area contributed by atoms with E-state index >= 15 is 0 Å². The van der Waals surface area contributed by atoms with Gasteiger partial charge < -0.3 is 14.7 Å². The molecule has 2 aromatic rings. The minimum atomic E-state index is -3.98. The molecule has 0 aromatic heterocycles. The summed E-state index contributed by atoms with van der Waals surface area (Å²) in [6, 6.07) is 15.3. The Hall–Kier alpha value is -3.31. The molecule has 2 aromatic carbocycles. The molecule has 35 heavy (non-hydrogen) atoms. The van der Waals surface area contributed by atoms with Crippen molar-refractivity contribution in [2.45, 2.75) is 35.6 Å². The first-order valence-electron chi connectivity index (χ1n) is 11.0. The third-order valence-corrected chi connectivity index (χ3v) is 8.22. The van der Waals surface area contributed by atoms with Gasteiger partial charge in [0.1, 0.15) is 17.4 Å². The fourth-order valence-corrected chi connectivity index (χ4v) is 5.82. The van der Waals surface area contributed by atoms with Crippen LogP contribution in [0.5, 0.6) is 5.75 Å². The number of nitrogens with one attached hydrogen (secondary N) is 1. The van der Waals surface area contributed by atoms with E-state index in [4.69, 9.17) is 16.3 Å². The van der Waals surface area contributed by atoms with Crippen LogP contribution >= 0.6 is 11.6 Å². The lowest BCUT2D eigenvalue weighted by Gasteiger charge is -2.37. The monoisotopic (exact) mass is 514 g/mol. The number of carboxylic acid groups (broad SMARTS) is 1. The second-order valence-corrected chi connectivity index (χ2v) is 10.9. The summed E-state index contributed by atoms with van der Waals surface area (Å²) in [6.45, 7) is 0.789. The first-order valence-corrected chi connectivity index (χ1v) is 12.9. The first kappa shape index (κ1) is 24.8. The number of amides is 1. The van der Waals surface area contributed by atoms with Crippen LogP contribution in [0.1, 0.15) is 36.3 Å². The fourth-order valence-electron chi connectivity index (χ4n) is 4.29. The summed E-state index contributed by atoms with van der Waals surface area (Å²) >= 11 is 6.01. The highest BCUT2D eigenvalue weighted by Crippen LogP contribution is 2.37. The Balaban J connectivity index is 1.53. The summed E-state index contributed by atoms with van der Waals surface area (Å²) in [7, 11) is -3.98. The summed E-state index contributed by atoms with van der Waals surface area (Å²) in [5.41, 5.74) is -0.0229. The number of halogens is 1. The number of sulfonamides is 1. The molecule has 1 saturated carbocycles. The number of nitriles is 2. The molecular weight excluding hydrogens is 492 g/mol. The molecule has 1 amide bonds. The number of benzene rings is 2. The quantitative estimate of drug-likeness (QED) is 0.573. The van der Waals surface area contributed by atoms with Gasteiger partial charge in [0.2, 0.25) is 10.0 Å². The molecule has 1 aliphatic carbocycles. The number of carbonyl (C=O) groups is 1. The molecule has 2 atom stereocenters. The van der Waals surface area contributed by atoms with Crippen molar-refractivity contribution in [3.05, 3.63) is 58.6 Å². The molecule has 4 rings (SSSR count). The lowest BCUT2D eigenvalue weighted by atomic mass is 9.81. The van der Waals surface area contributed by atoms with Crippen LogP contribution in [0.4, 0.5) is 4.79 Å². The highest BCUT2D eigenvalue weighted by Gasteiger charge is 2.46. The van der Waals surface area contributed by atoms with Gasteiger partial charge in [0.25, 0.3) is 0 Å². The van der Waals surface area contributed by atoms with Crippen LogP contribution in [0.25, 0.3) is 0 Å². The van der Waals surface area contributed by atoms with Crippen molar-refractivity contribution in [2.75, 3.05) is 19.7 Å². The SMILES string of the molecule is N#Cc1cc(S(=O)(=O)NC2(C#N)CC2)ccc1OCC1CN(C(=O)O)CCC1c1ccc(Cl)cc1. The van der Waals surface area contributed by atoms with Crippen LogP contribution in [0.2, 0.25) is 5.02 Å². The molecule has 11 heteroatoms. The Bertz CT molecular complexity index is 1310. The van der Waals surface area contributed by atoms with E-state index < -0.39 is 21.7 Å². The summed E-state index contributed by atoms with van der Waals surface area (Å²) in [5, 5.41) is 28.9. The molecule has 2 N–H and O–H groups in total. The molecule has 1 heterocycles. The molecule has 0 bridgehead atoms. The second kappa shape index (κ2) is 9.74. The minimum Gasteiger partial charge on any atom is -0.492 e. The summed E-state index contributed by atoms with van der Waals surface area (Å²) in [5.74, 6) is 0.0381. The van der Waals surface area contributed by atoms with Crippen molar-refractivity contribution in [2.24, 2.45) is 5.92 Å². The van der Waals surface area contributed by atoms with Crippen molar-refractivity contribution in [1.29, 1.82) is 10.5 Å². The first-order chi connectivity index (χ1) is 16.7. The number of hydrogen-bond acceptors (Lipinski definition) is 6. The minimum absolute atomic E-state index is 0.0259. The molecule has 9 nitrogen and oxygen atoms in total. The average Bonchev–Trinajstić information content (AvgIpc) is 3.62. The molecule has 1 saturated heterocycles. The van der Waals surface area contributed by atoms with Crippen LogP contribution < -0.4 is 9.46 Å². The largest absolute Gasteiger partial charge is 0.492 e. The standard InChI is InChI=1S/C24H23ClN4O5S/c25-19-3-1-16(2-4-19)21-7-10-29(23(30)31)13-18(21)14-34-22-6-5-20(11-17(22)12-26)35(32,33)28-24(15-27)8-9-24/h1-6,11,18,21,28H,7-10,13-14H2,(H,30,31). The summed E-state index contributed by atoms with van der Waals surface area (Å²) in [6.07, 6.45) is 0.489. The van der Waals surface area contributed by atoms with E-state index in [2.05, 4.69) is 4.72 Å². The van der Waals surface area contributed by atoms with Gasteiger partial charge in [-0.3, -0.25) is 0 Å². The summed E-state index contributed by atoms with van der Waals surface area (Å²) < 4.78 is 33.7. The van der Waals surface area contributed by atoms with E-state index in [1.54, 1.807) is 12.1 Å². The molecule has 0 radical (unpaired) electrons. The van der Waals surface area contributed by atoms with E-state index in [1.807, 2.05) is 24.3 Å². The predicted octanol–water partition coefficient (Wildman–Crippen LogP) is 3.71. The second-order valence-electron chi connectivity index (χ2n) is 8.82. The number of hydrogen-bond donors (Lipinski definition) is 2. The molecule has 2 fully saturated rings. The zero-order chi connectivity index (χ0) is 25.2. The number of likely N-dealkylation sites (tertiary alicyclic amines) is 1. The smallest absolute Gasteiger partial charge is 0.407 e. The fraction of sp³-hybridized carbons (Fsp3) is 0.375. The zero-order valence-electron chi connectivity index (χ0n) is 18.6. The molecule has 2 unspecified atom stereocenters. The van der Waals surface area contributed by atoms with Gasteiger partial charge in [0, 0.05) is 24.0 Å². The molecule has 0 spiro atoms.